The largest absolute Gasteiger partial charge is 0.319 e. The van der Waals surface area contributed by atoms with Crippen molar-refractivity contribution in [3.05, 3.63) is 12.2 Å². The van der Waals surface area contributed by atoms with Gasteiger partial charge in [0.15, 0.2) is 0 Å². The van der Waals surface area contributed by atoms with Gasteiger partial charge in [0.25, 0.3) is 0 Å². The second kappa shape index (κ2) is 5.17. The summed E-state index contributed by atoms with van der Waals surface area (Å²) in [6.45, 7) is 6.91. The predicted octanol–water partition coefficient (Wildman–Crippen LogP) is 2.29. The molecule has 17 heavy (non-hydrogen) atoms. The highest BCUT2D eigenvalue weighted by Crippen LogP contribution is 2.30. The first-order valence-electron chi connectivity index (χ1n) is 6.69. The molecular weight excluding hydrogens is 212 g/mol. The van der Waals surface area contributed by atoms with Gasteiger partial charge in [-0.1, -0.05) is 26.7 Å². The molecule has 4 unspecified atom stereocenters. The summed E-state index contributed by atoms with van der Waals surface area (Å²) < 4.78 is 1.99. The van der Waals surface area contributed by atoms with Crippen LogP contribution in [-0.4, -0.2) is 20.8 Å². The summed E-state index contributed by atoms with van der Waals surface area (Å²) >= 11 is 0. The van der Waals surface area contributed by atoms with Crippen LogP contribution in [0.15, 0.2) is 6.33 Å². The van der Waals surface area contributed by atoms with Crippen LogP contribution in [-0.2, 0) is 7.05 Å². The molecule has 2 rings (SSSR count). The van der Waals surface area contributed by atoms with Gasteiger partial charge in [0, 0.05) is 13.1 Å². The second-order valence-electron chi connectivity index (χ2n) is 5.56. The van der Waals surface area contributed by atoms with Gasteiger partial charge in [-0.05, 0) is 25.2 Å². The summed E-state index contributed by atoms with van der Waals surface area (Å²) in [4.78, 5) is 0. The highest BCUT2D eigenvalue weighted by Gasteiger charge is 2.28. The molecule has 1 heterocycles. The van der Waals surface area contributed by atoms with Gasteiger partial charge in [0.1, 0.15) is 12.2 Å². The zero-order valence-electron chi connectivity index (χ0n) is 11.3. The zero-order valence-corrected chi connectivity index (χ0v) is 11.3. The molecule has 1 aliphatic carbocycles. The highest BCUT2D eigenvalue weighted by molar-refractivity contribution is 4.95. The molecule has 0 spiro atoms. The van der Waals surface area contributed by atoms with Crippen molar-refractivity contribution >= 4 is 0 Å². The van der Waals surface area contributed by atoms with Gasteiger partial charge in [-0.15, -0.1) is 10.2 Å². The van der Waals surface area contributed by atoms with Crippen LogP contribution in [0.1, 0.15) is 51.9 Å². The Morgan fingerprint density at radius 1 is 1.41 bits per heavy atom. The van der Waals surface area contributed by atoms with Gasteiger partial charge in [0.2, 0.25) is 0 Å². The molecule has 4 nitrogen and oxygen atoms in total. The summed E-state index contributed by atoms with van der Waals surface area (Å²) in [5.41, 5.74) is 0. The molecule has 1 aromatic heterocycles. The van der Waals surface area contributed by atoms with Crippen molar-refractivity contribution in [2.45, 2.75) is 52.1 Å². The minimum atomic E-state index is 0.278. The van der Waals surface area contributed by atoms with Crippen LogP contribution in [0.2, 0.25) is 0 Å². The number of aryl methyl sites for hydroxylation is 1. The van der Waals surface area contributed by atoms with E-state index in [1.54, 1.807) is 6.33 Å². The van der Waals surface area contributed by atoms with E-state index in [0.29, 0.717) is 6.04 Å². The van der Waals surface area contributed by atoms with Crippen LogP contribution in [0.4, 0.5) is 0 Å². The summed E-state index contributed by atoms with van der Waals surface area (Å²) in [5, 5.41) is 11.8. The minimum absolute atomic E-state index is 0.278. The lowest BCUT2D eigenvalue weighted by molar-refractivity contribution is 0.194. The first kappa shape index (κ1) is 12.6. The third-order valence-electron chi connectivity index (χ3n) is 4.30. The van der Waals surface area contributed by atoms with Crippen molar-refractivity contribution in [1.29, 1.82) is 0 Å². The molecule has 1 N–H and O–H groups in total. The van der Waals surface area contributed by atoms with Gasteiger partial charge in [-0.25, -0.2) is 0 Å². The normalized spacial score (nSPS) is 31.4. The maximum Gasteiger partial charge on any atom is 0.149 e. The van der Waals surface area contributed by atoms with Crippen LogP contribution in [0.3, 0.4) is 0 Å². The SMILES string of the molecule is CC(NC1CCCC(C)C1C)c1nncn1C. The lowest BCUT2D eigenvalue weighted by atomic mass is 9.78. The topological polar surface area (TPSA) is 42.7 Å². The predicted molar refractivity (Wildman–Crippen MR) is 68.5 cm³/mol. The fraction of sp³-hybridized carbons (Fsp3) is 0.846. The Bertz CT molecular complexity index is 360. The van der Waals surface area contributed by atoms with Crippen molar-refractivity contribution in [2.75, 3.05) is 0 Å². The third-order valence-corrected chi connectivity index (χ3v) is 4.30. The van der Waals surface area contributed by atoms with Gasteiger partial charge >= 0.3 is 0 Å². The highest BCUT2D eigenvalue weighted by atomic mass is 15.3. The molecule has 0 bridgehead atoms. The van der Waals surface area contributed by atoms with Crippen LogP contribution in [0, 0.1) is 11.8 Å². The molecule has 0 aliphatic heterocycles. The van der Waals surface area contributed by atoms with Gasteiger partial charge < -0.3 is 9.88 Å². The Morgan fingerprint density at radius 3 is 2.82 bits per heavy atom. The molecule has 1 saturated carbocycles. The molecule has 4 atom stereocenters. The minimum Gasteiger partial charge on any atom is -0.319 e. The fourth-order valence-corrected chi connectivity index (χ4v) is 2.90. The van der Waals surface area contributed by atoms with Crippen LogP contribution >= 0.6 is 0 Å². The molecule has 1 aliphatic rings. The number of nitrogens with zero attached hydrogens (tertiary/aromatic N) is 3. The molecule has 0 radical (unpaired) electrons. The van der Waals surface area contributed by atoms with E-state index in [2.05, 4.69) is 36.3 Å². The number of nitrogens with one attached hydrogen (secondary N) is 1. The summed E-state index contributed by atoms with van der Waals surface area (Å²) in [6.07, 6.45) is 5.76. The summed E-state index contributed by atoms with van der Waals surface area (Å²) in [5.74, 6) is 2.60. The van der Waals surface area contributed by atoms with Gasteiger partial charge in [-0.2, -0.15) is 0 Å². The van der Waals surface area contributed by atoms with E-state index < -0.39 is 0 Å². The summed E-state index contributed by atoms with van der Waals surface area (Å²) in [7, 11) is 2.00. The van der Waals surface area contributed by atoms with Crippen LogP contribution in [0.25, 0.3) is 0 Å². The first-order valence-corrected chi connectivity index (χ1v) is 6.69. The average Bonchev–Trinajstić information content (AvgIpc) is 2.71. The monoisotopic (exact) mass is 236 g/mol. The standard InChI is InChI=1S/C13H24N4/c1-9-6-5-7-12(10(9)2)15-11(3)13-16-14-8-17(13)4/h8-12,15H,5-7H2,1-4H3. The molecule has 1 fully saturated rings. The maximum atomic E-state index is 4.18. The van der Waals surface area contributed by atoms with E-state index in [1.165, 1.54) is 19.3 Å². The Labute approximate surface area is 104 Å². The van der Waals surface area contributed by atoms with Crippen molar-refractivity contribution in [1.82, 2.24) is 20.1 Å². The lowest BCUT2D eigenvalue weighted by Gasteiger charge is -2.36. The van der Waals surface area contributed by atoms with Crippen molar-refractivity contribution in [3.63, 3.8) is 0 Å². The maximum absolute atomic E-state index is 4.18. The molecular formula is C13H24N4. The quantitative estimate of drug-likeness (QED) is 0.875. The van der Waals surface area contributed by atoms with Crippen molar-refractivity contribution in [2.24, 2.45) is 18.9 Å². The van der Waals surface area contributed by atoms with Crippen molar-refractivity contribution < 1.29 is 0 Å². The lowest BCUT2D eigenvalue weighted by Crippen LogP contribution is -2.42. The molecule has 4 heteroatoms. The Hall–Kier alpha value is -0.900. The molecule has 0 amide bonds. The van der Waals surface area contributed by atoms with E-state index in [0.717, 1.165) is 17.7 Å². The molecule has 96 valence electrons. The Kier molecular flexibility index (Phi) is 3.82. The zero-order chi connectivity index (χ0) is 12.4. The second-order valence-corrected chi connectivity index (χ2v) is 5.56. The number of hydrogen-bond donors (Lipinski definition) is 1. The number of aromatic nitrogens is 3. The summed E-state index contributed by atoms with van der Waals surface area (Å²) in [6, 6.07) is 0.894. The average molecular weight is 236 g/mol. The van der Waals surface area contributed by atoms with Gasteiger partial charge in [0.05, 0.1) is 6.04 Å². The fourth-order valence-electron chi connectivity index (χ4n) is 2.90. The third kappa shape index (κ3) is 2.68. The van der Waals surface area contributed by atoms with E-state index in [1.807, 2.05) is 11.6 Å². The van der Waals surface area contributed by atoms with Crippen molar-refractivity contribution in [3.8, 4) is 0 Å². The Balaban J connectivity index is 1.98. The van der Waals surface area contributed by atoms with Crippen LogP contribution < -0.4 is 5.32 Å². The van der Waals surface area contributed by atoms with E-state index in [-0.39, 0.29) is 6.04 Å². The molecule has 1 aromatic rings. The van der Waals surface area contributed by atoms with Gasteiger partial charge in [-0.3, -0.25) is 0 Å². The smallest absolute Gasteiger partial charge is 0.149 e. The van der Waals surface area contributed by atoms with E-state index in [4.69, 9.17) is 0 Å². The molecule has 0 saturated heterocycles. The Morgan fingerprint density at radius 2 is 2.18 bits per heavy atom. The van der Waals surface area contributed by atoms with E-state index in [9.17, 15) is 0 Å². The number of hydrogen-bond acceptors (Lipinski definition) is 3. The molecule has 0 aromatic carbocycles. The first-order chi connectivity index (χ1) is 8.09. The van der Waals surface area contributed by atoms with Crippen LogP contribution in [0.5, 0.6) is 0 Å². The number of rotatable bonds is 3. The van der Waals surface area contributed by atoms with E-state index >= 15 is 0 Å².